The predicted molar refractivity (Wildman–Crippen MR) is 79.7 cm³/mol. The van der Waals surface area contributed by atoms with Crippen molar-refractivity contribution in [1.29, 1.82) is 0 Å². The van der Waals surface area contributed by atoms with Crippen molar-refractivity contribution in [2.75, 3.05) is 11.9 Å². The molecular formula is C16H21N3O. The number of hydrogen-bond acceptors (Lipinski definition) is 4. The lowest BCUT2D eigenvalue weighted by molar-refractivity contribution is 0.542. The molecule has 1 aliphatic carbocycles. The van der Waals surface area contributed by atoms with Gasteiger partial charge in [-0.3, -0.25) is 0 Å². The highest BCUT2D eigenvalue weighted by Gasteiger charge is 2.20. The second-order valence-electron chi connectivity index (χ2n) is 5.56. The highest BCUT2D eigenvalue weighted by atomic mass is 16.4. The van der Waals surface area contributed by atoms with Gasteiger partial charge in [0.15, 0.2) is 0 Å². The second-order valence-corrected chi connectivity index (χ2v) is 5.56. The Hall–Kier alpha value is -1.81. The van der Waals surface area contributed by atoms with E-state index in [9.17, 15) is 0 Å². The first kappa shape index (κ1) is 13.2. The van der Waals surface area contributed by atoms with Crippen LogP contribution >= 0.6 is 0 Å². The van der Waals surface area contributed by atoms with Crippen LogP contribution in [0.3, 0.4) is 0 Å². The molecule has 1 aliphatic rings. The Labute approximate surface area is 119 Å². The van der Waals surface area contributed by atoms with Crippen LogP contribution in [0.2, 0.25) is 0 Å². The molecule has 0 aliphatic heterocycles. The zero-order chi connectivity index (χ0) is 13.9. The first-order valence-electron chi connectivity index (χ1n) is 7.16. The SMILES string of the molecule is Cc1ccccc1CN(C)c1nc(CNC2CC2)co1. The van der Waals surface area contributed by atoms with E-state index in [1.807, 2.05) is 11.9 Å². The predicted octanol–water partition coefficient (Wildman–Crippen LogP) is 2.87. The molecule has 1 N–H and O–H groups in total. The molecule has 3 rings (SSSR count). The van der Waals surface area contributed by atoms with Gasteiger partial charge in [0.25, 0.3) is 6.01 Å². The monoisotopic (exact) mass is 271 g/mol. The molecular weight excluding hydrogens is 250 g/mol. The van der Waals surface area contributed by atoms with E-state index in [1.165, 1.54) is 24.0 Å². The number of nitrogens with one attached hydrogen (secondary N) is 1. The Morgan fingerprint density at radius 3 is 2.90 bits per heavy atom. The van der Waals surface area contributed by atoms with Gasteiger partial charge < -0.3 is 14.6 Å². The van der Waals surface area contributed by atoms with E-state index in [0.717, 1.165) is 18.8 Å². The summed E-state index contributed by atoms with van der Waals surface area (Å²) in [5, 5.41) is 3.44. The number of benzene rings is 1. The van der Waals surface area contributed by atoms with Gasteiger partial charge in [0.2, 0.25) is 0 Å². The Kier molecular flexibility index (Phi) is 3.74. The standard InChI is InChI=1S/C16H21N3O/c1-12-5-3-4-6-13(12)10-19(2)16-18-15(11-20-16)9-17-14-7-8-14/h3-6,11,14,17H,7-10H2,1-2H3. The summed E-state index contributed by atoms with van der Waals surface area (Å²) in [5.41, 5.74) is 3.57. The Morgan fingerprint density at radius 1 is 1.35 bits per heavy atom. The fourth-order valence-corrected chi connectivity index (χ4v) is 2.20. The van der Waals surface area contributed by atoms with E-state index in [4.69, 9.17) is 4.42 Å². The van der Waals surface area contributed by atoms with Gasteiger partial charge >= 0.3 is 0 Å². The molecule has 20 heavy (non-hydrogen) atoms. The van der Waals surface area contributed by atoms with Gasteiger partial charge in [-0.1, -0.05) is 24.3 Å². The zero-order valence-electron chi connectivity index (χ0n) is 12.1. The Morgan fingerprint density at radius 2 is 2.15 bits per heavy atom. The lowest BCUT2D eigenvalue weighted by atomic mass is 10.1. The molecule has 1 saturated carbocycles. The summed E-state index contributed by atoms with van der Waals surface area (Å²) in [7, 11) is 2.01. The molecule has 1 heterocycles. The summed E-state index contributed by atoms with van der Waals surface area (Å²) in [4.78, 5) is 6.58. The normalized spacial score (nSPS) is 14.5. The molecule has 0 atom stereocenters. The maximum Gasteiger partial charge on any atom is 0.297 e. The minimum Gasteiger partial charge on any atom is -0.432 e. The highest BCUT2D eigenvalue weighted by molar-refractivity contribution is 5.32. The molecule has 0 saturated heterocycles. The molecule has 0 radical (unpaired) electrons. The van der Waals surface area contributed by atoms with Crippen molar-refractivity contribution in [1.82, 2.24) is 10.3 Å². The first-order chi connectivity index (χ1) is 9.72. The molecule has 2 aromatic rings. The molecule has 106 valence electrons. The number of oxazole rings is 1. The number of rotatable bonds is 6. The van der Waals surface area contributed by atoms with Gasteiger partial charge in [-0.05, 0) is 30.9 Å². The van der Waals surface area contributed by atoms with Gasteiger partial charge in [-0.15, -0.1) is 0 Å². The van der Waals surface area contributed by atoms with Gasteiger partial charge in [0.1, 0.15) is 6.26 Å². The topological polar surface area (TPSA) is 41.3 Å². The average molecular weight is 271 g/mol. The van der Waals surface area contributed by atoms with Gasteiger partial charge in [0.05, 0.1) is 5.69 Å². The number of anilines is 1. The lowest BCUT2D eigenvalue weighted by Crippen LogP contribution is -2.18. The van der Waals surface area contributed by atoms with Crippen LogP contribution in [0.25, 0.3) is 0 Å². The Balaban J connectivity index is 1.61. The molecule has 1 aromatic heterocycles. The molecule has 1 aromatic carbocycles. The number of aryl methyl sites for hydroxylation is 1. The van der Waals surface area contributed by atoms with Crippen molar-refractivity contribution in [2.24, 2.45) is 0 Å². The summed E-state index contributed by atoms with van der Waals surface area (Å²) in [6.45, 7) is 3.73. The fourth-order valence-electron chi connectivity index (χ4n) is 2.20. The molecule has 4 heteroatoms. The largest absolute Gasteiger partial charge is 0.432 e. The van der Waals surface area contributed by atoms with Crippen molar-refractivity contribution < 1.29 is 4.42 Å². The van der Waals surface area contributed by atoms with Gasteiger partial charge in [-0.25, -0.2) is 0 Å². The number of nitrogens with zero attached hydrogens (tertiary/aromatic N) is 2. The molecule has 0 unspecified atom stereocenters. The number of hydrogen-bond donors (Lipinski definition) is 1. The molecule has 0 amide bonds. The van der Waals surface area contributed by atoms with E-state index in [2.05, 4.69) is 41.5 Å². The summed E-state index contributed by atoms with van der Waals surface area (Å²) in [5.74, 6) is 0. The third kappa shape index (κ3) is 3.20. The highest BCUT2D eigenvalue weighted by Crippen LogP contribution is 2.20. The van der Waals surface area contributed by atoms with Crippen molar-refractivity contribution in [3.05, 3.63) is 47.3 Å². The van der Waals surface area contributed by atoms with E-state index < -0.39 is 0 Å². The van der Waals surface area contributed by atoms with E-state index in [1.54, 1.807) is 6.26 Å². The maximum atomic E-state index is 5.57. The number of aromatic nitrogens is 1. The van der Waals surface area contributed by atoms with Crippen LogP contribution in [0.4, 0.5) is 6.01 Å². The smallest absolute Gasteiger partial charge is 0.297 e. The lowest BCUT2D eigenvalue weighted by Gasteiger charge is -2.15. The first-order valence-corrected chi connectivity index (χ1v) is 7.16. The fraction of sp³-hybridized carbons (Fsp3) is 0.438. The van der Waals surface area contributed by atoms with Crippen LogP contribution in [-0.4, -0.2) is 18.1 Å². The summed E-state index contributed by atoms with van der Waals surface area (Å²) in [6, 6.07) is 9.77. The molecule has 4 nitrogen and oxygen atoms in total. The molecule has 0 bridgehead atoms. The minimum absolute atomic E-state index is 0.681. The summed E-state index contributed by atoms with van der Waals surface area (Å²) in [6.07, 6.45) is 4.33. The third-order valence-corrected chi connectivity index (χ3v) is 3.68. The van der Waals surface area contributed by atoms with Crippen molar-refractivity contribution in [2.45, 2.75) is 38.9 Å². The Bertz CT molecular complexity index is 575. The van der Waals surface area contributed by atoms with E-state index in [0.29, 0.717) is 12.1 Å². The van der Waals surface area contributed by atoms with Crippen LogP contribution in [0.5, 0.6) is 0 Å². The van der Waals surface area contributed by atoms with Gasteiger partial charge in [-0.2, -0.15) is 4.98 Å². The van der Waals surface area contributed by atoms with Crippen molar-refractivity contribution >= 4 is 6.01 Å². The average Bonchev–Trinajstić information content (AvgIpc) is 3.15. The van der Waals surface area contributed by atoms with E-state index in [-0.39, 0.29) is 0 Å². The quantitative estimate of drug-likeness (QED) is 0.877. The van der Waals surface area contributed by atoms with Gasteiger partial charge in [0, 0.05) is 26.2 Å². The van der Waals surface area contributed by atoms with Crippen LogP contribution in [0.15, 0.2) is 34.9 Å². The summed E-state index contributed by atoms with van der Waals surface area (Å²) >= 11 is 0. The van der Waals surface area contributed by atoms with Crippen LogP contribution in [0.1, 0.15) is 29.7 Å². The zero-order valence-corrected chi connectivity index (χ0v) is 12.1. The third-order valence-electron chi connectivity index (χ3n) is 3.68. The molecule has 0 spiro atoms. The molecule has 1 fully saturated rings. The summed E-state index contributed by atoms with van der Waals surface area (Å²) < 4.78 is 5.57. The van der Waals surface area contributed by atoms with Crippen LogP contribution in [-0.2, 0) is 13.1 Å². The van der Waals surface area contributed by atoms with E-state index >= 15 is 0 Å². The minimum atomic E-state index is 0.681. The van der Waals surface area contributed by atoms with Crippen LogP contribution in [0, 0.1) is 6.92 Å². The van der Waals surface area contributed by atoms with Crippen molar-refractivity contribution in [3.63, 3.8) is 0 Å². The maximum absolute atomic E-state index is 5.57. The second kappa shape index (κ2) is 5.67. The van der Waals surface area contributed by atoms with Crippen LogP contribution < -0.4 is 10.2 Å². The van der Waals surface area contributed by atoms with Crippen molar-refractivity contribution in [3.8, 4) is 0 Å².